The molecule has 1 aromatic rings. The van der Waals surface area contributed by atoms with E-state index in [0.717, 1.165) is 52.5 Å². The number of ether oxygens (including phenoxy) is 2. The highest BCUT2D eigenvalue weighted by Gasteiger charge is 2.33. The van der Waals surface area contributed by atoms with Crippen molar-refractivity contribution in [1.29, 1.82) is 10.5 Å². The third-order valence-electron chi connectivity index (χ3n) is 5.28. The predicted octanol–water partition coefficient (Wildman–Crippen LogP) is 8.36. The van der Waals surface area contributed by atoms with Gasteiger partial charge in [0.15, 0.2) is 0 Å². The molecule has 174 valence electrons. The molecule has 0 atom stereocenters. The average Bonchev–Trinajstić information content (AvgIpc) is 3.19. The van der Waals surface area contributed by atoms with E-state index in [1.54, 1.807) is 0 Å². The van der Waals surface area contributed by atoms with Crippen molar-refractivity contribution in [1.82, 2.24) is 0 Å². The lowest BCUT2D eigenvalue weighted by Crippen LogP contribution is -2.15. The first kappa shape index (κ1) is 26.5. The number of nitrogens with zero attached hydrogens (tertiary/aromatic N) is 2. The molecule has 0 spiro atoms. The molecule has 32 heavy (non-hydrogen) atoms. The van der Waals surface area contributed by atoms with E-state index in [4.69, 9.17) is 9.47 Å². The van der Waals surface area contributed by atoms with Gasteiger partial charge in [0.2, 0.25) is 0 Å². The van der Waals surface area contributed by atoms with Crippen molar-refractivity contribution in [3.8, 4) is 23.6 Å². The van der Waals surface area contributed by atoms with Crippen molar-refractivity contribution < 1.29 is 9.47 Å². The molecular weight excluding hydrogens is 436 g/mol. The molecule has 4 nitrogen and oxygen atoms in total. The van der Waals surface area contributed by atoms with E-state index >= 15 is 0 Å². The van der Waals surface area contributed by atoms with Crippen LogP contribution in [0.1, 0.15) is 91.5 Å². The lowest BCUT2D eigenvalue weighted by molar-refractivity contribution is 0.277. The number of hydrogen-bond acceptors (Lipinski definition) is 6. The number of allylic oxidation sites excluding steroid dienone is 1. The van der Waals surface area contributed by atoms with Gasteiger partial charge in [-0.1, -0.05) is 96.7 Å². The van der Waals surface area contributed by atoms with Crippen LogP contribution in [-0.2, 0) is 5.41 Å². The molecule has 0 fully saturated rings. The number of nitriles is 2. The van der Waals surface area contributed by atoms with Crippen molar-refractivity contribution in [2.75, 3.05) is 13.2 Å². The molecule has 0 bridgehead atoms. The SMILES string of the molecule is CCCCCCOc1cc(C(C)(C)C)c(OCCCCCC)c2c1SC(=C(C#N)C#N)S2. The Kier molecular flexibility index (Phi) is 10.8. The highest BCUT2D eigenvalue weighted by molar-refractivity contribution is 8.24. The van der Waals surface area contributed by atoms with Gasteiger partial charge in [-0.05, 0) is 24.3 Å². The van der Waals surface area contributed by atoms with Crippen LogP contribution in [0.25, 0.3) is 0 Å². The molecule has 0 N–H and O–H groups in total. The maximum absolute atomic E-state index is 9.42. The van der Waals surface area contributed by atoms with Crippen LogP contribution in [0.5, 0.6) is 11.5 Å². The van der Waals surface area contributed by atoms with Gasteiger partial charge in [-0.15, -0.1) is 0 Å². The largest absolute Gasteiger partial charge is 0.492 e. The van der Waals surface area contributed by atoms with Crippen LogP contribution in [0.3, 0.4) is 0 Å². The Morgan fingerprint density at radius 1 is 0.844 bits per heavy atom. The fraction of sp³-hybridized carbons (Fsp3) is 0.615. The van der Waals surface area contributed by atoms with Gasteiger partial charge in [0.05, 0.1) is 27.2 Å². The van der Waals surface area contributed by atoms with Crippen molar-refractivity contribution in [2.24, 2.45) is 0 Å². The molecule has 6 heteroatoms. The van der Waals surface area contributed by atoms with Gasteiger partial charge in [0.1, 0.15) is 29.2 Å². The van der Waals surface area contributed by atoms with Gasteiger partial charge in [-0.25, -0.2) is 0 Å². The average molecular weight is 473 g/mol. The zero-order valence-electron chi connectivity index (χ0n) is 20.2. The summed E-state index contributed by atoms with van der Waals surface area (Å²) in [5.74, 6) is 1.72. The summed E-state index contributed by atoms with van der Waals surface area (Å²) in [6.07, 6.45) is 9.16. The van der Waals surface area contributed by atoms with E-state index in [-0.39, 0.29) is 11.0 Å². The summed E-state index contributed by atoms with van der Waals surface area (Å²) in [6.45, 7) is 12.3. The first-order chi connectivity index (χ1) is 15.4. The monoisotopic (exact) mass is 472 g/mol. The Labute approximate surface area is 202 Å². The zero-order valence-corrected chi connectivity index (χ0v) is 21.8. The molecule has 1 aromatic carbocycles. The van der Waals surface area contributed by atoms with E-state index in [1.807, 2.05) is 12.1 Å². The topological polar surface area (TPSA) is 66.0 Å². The van der Waals surface area contributed by atoms with Crippen LogP contribution in [0, 0.1) is 22.7 Å². The first-order valence-electron chi connectivity index (χ1n) is 11.7. The maximum atomic E-state index is 9.42. The summed E-state index contributed by atoms with van der Waals surface area (Å²) in [5, 5.41) is 18.8. The standard InChI is InChI=1S/C26H36N2O2S2/c1-6-8-10-12-14-29-21-16-20(26(3,4)5)22(30-15-13-11-9-7-2)24-23(21)31-25(32-24)19(17-27)18-28/h16H,6-15H2,1-5H3. The van der Waals surface area contributed by atoms with Crippen LogP contribution in [-0.4, -0.2) is 13.2 Å². The van der Waals surface area contributed by atoms with E-state index in [0.29, 0.717) is 17.5 Å². The maximum Gasteiger partial charge on any atom is 0.150 e. The van der Waals surface area contributed by atoms with E-state index in [2.05, 4.69) is 40.7 Å². The van der Waals surface area contributed by atoms with E-state index in [1.165, 1.54) is 49.2 Å². The number of fused-ring (bicyclic) bond motifs is 1. The van der Waals surface area contributed by atoms with Crippen LogP contribution in [0.4, 0.5) is 0 Å². The summed E-state index contributed by atoms with van der Waals surface area (Å²) in [6, 6.07) is 6.20. The number of benzene rings is 1. The molecular formula is C26H36N2O2S2. The fourth-order valence-electron chi connectivity index (χ4n) is 3.44. The zero-order chi connectivity index (χ0) is 23.6. The van der Waals surface area contributed by atoms with E-state index in [9.17, 15) is 10.5 Å². The lowest BCUT2D eigenvalue weighted by atomic mass is 9.86. The Bertz CT molecular complexity index is 873. The summed E-state index contributed by atoms with van der Waals surface area (Å²) in [7, 11) is 0. The second-order valence-electron chi connectivity index (χ2n) is 9.07. The number of rotatable bonds is 12. The Morgan fingerprint density at radius 3 is 1.94 bits per heavy atom. The summed E-state index contributed by atoms with van der Waals surface area (Å²) in [5.41, 5.74) is 1.13. The third kappa shape index (κ3) is 7.12. The molecule has 1 heterocycles. The fourth-order valence-corrected chi connectivity index (χ4v) is 5.97. The Hall–Kier alpha value is -1.76. The van der Waals surface area contributed by atoms with Crippen LogP contribution < -0.4 is 9.47 Å². The van der Waals surface area contributed by atoms with Crippen LogP contribution >= 0.6 is 23.5 Å². The summed E-state index contributed by atoms with van der Waals surface area (Å²) >= 11 is 2.93. The van der Waals surface area contributed by atoms with Crippen LogP contribution in [0.15, 0.2) is 25.7 Å². The van der Waals surface area contributed by atoms with Crippen molar-refractivity contribution in [3.05, 3.63) is 21.4 Å². The minimum Gasteiger partial charge on any atom is -0.492 e. The smallest absolute Gasteiger partial charge is 0.150 e. The van der Waals surface area contributed by atoms with Crippen molar-refractivity contribution in [2.45, 2.75) is 101 Å². The van der Waals surface area contributed by atoms with Gasteiger partial charge in [-0.3, -0.25) is 0 Å². The second-order valence-corrected chi connectivity index (χ2v) is 11.4. The first-order valence-corrected chi connectivity index (χ1v) is 13.4. The molecule has 1 aliphatic heterocycles. The summed E-state index contributed by atoms with van der Waals surface area (Å²) in [4.78, 5) is 1.96. The van der Waals surface area contributed by atoms with Gasteiger partial charge in [-0.2, -0.15) is 10.5 Å². The molecule has 0 radical (unpaired) electrons. The molecule has 0 aromatic heterocycles. The minimum atomic E-state index is -0.126. The Balaban J connectivity index is 2.43. The van der Waals surface area contributed by atoms with Gasteiger partial charge in [0, 0.05) is 5.56 Å². The number of thioether (sulfide) groups is 2. The van der Waals surface area contributed by atoms with Gasteiger partial charge in [0.25, 0.3) is 0 Å². The number of hydrogen-bond donors (Lipinski definition) is 0. The molecule has 0 aliphatic carbocycles. The van der Waals surface area contributed by atoms with Gasteiger partial charge >= 0.3 is 0 Å². The third-order valence-corrected chi connectivity index (χ3v) is 7.89. The molecule has 0 unspecified atom stereocenters. The quantitative estimate of drug-likeness (QED) is 0.225. The minimum absolute atomic E-state index is 0.126. The molecule has 1 aliphatic rings. The molecule has 2 rings (SSSR count). The molecule has 0 saturated heterocycles. The highest BCUT2D eigenvalue weighted by Crippen LogP contribution is 2.60. The Morgan fingerprint density at radius 2 is 1.41 bits per heavy atom. The van der Waals surface area contributed by atoms with Crippen molar-refractivity contribution in [3.63, 3.8) is 0 Å². The van der Waals surface area contributed by atoms with Crippen molar-refractivity contribution >= 4 is 23.5 Å². The summed E-state index contributed by atoms with van der Waals surface area (Å²) < 4.78 is 13.4. The van der Waals surface area contributed by atoms with E-state index < -0.39 is 0 Å². The second kappa shape index (κ2) is 13.1. The lowest BCUT2D eigenvalue weighted by Gasteiger charge is -2.26. The highest BCUT2D eigenvalue weighted by atomic mass is 32.2. The molecule has 0 saturated carbocycles. The normalized spacial score (nSPS) is 12.8. The predicted molar refractivity (Wildman–Crippen MR) is 134 cm³/mol. The van der Waals surface area contributed by atoms with Gasteiger partial charge < -0.3 is 9.47 Å². The number of unbranched alkanes of at least 4 members (excludes halogenated alkanes) is 6. The van der Waals surface area contributed by atoms with Crippen LogP contribution in [0.2, 0.25) is 0 Å². The molecule has 0 amide bonds.